The van der Waals surface area contributed by atoms with Crippen LogP contribution in [0.25, 0.3) is 0 Å². The van der Waals surface area contributed by atoms with Crippen molar-refractivity contribution in [2.75, 3.05) is 12.8 Å². The fourth-order valence-corrected chi connectivity index (χ4v) is 4.09. The standard InChI is InChI=1S/C15H26N2O3S/c1-11-4-8-15(9-5-11,12(18)19)17-13(20)16-10-14(21-2)6-3-7-14/h11H,3-10H2,1-2H3,(H,18,19)(H2,16,17,20). The van der Waals surface area contributed by atoms with Gasteiger partial charge in [-0.3, -0.25) is 0 Å². The molecular formula is C15H26N2O3S. The Kier molecular flexibility index (Phi) is 5.07. The molecule has 2 rings (SSSR count). The molecule has 0 aromatic rings. The number of amides is 2. The number of aliphatic carboxylic acids is 1. The molecule has 0 aromatic heterocycles. The van der Waals surface area contributed by atoms with Crippen LogP contribution >= 0.6 is 11.8 Å². The van der Waals surface area contributed by atoms with Gasteiger partial charge in [-0.05, 0) is 50.7 Å². The minimum absolute atomic E-state index is 0.162. The van der Waals surface area contributed by atoms with Crippen LogP contribution in [0.3, 0.4) is 0 Å². The molecule has 2 aliphatic rings. The van der Waals surface area contributed by atoms with Crippen molar-refractivity contribution in [2.24, 2.45) is 5.92 Å². The van der Waals surface area contributed by atoms with Crippen LogP contribution in [0.2, 0.25) is 0 Å². The number of hydrogen-bond donors (Lipinski definition) is 3. The molecule has 0 atom stereocenters. The first-order valence-corrected chi connectivity index (χ1v) is 8.98. The Morgan fingerprint density at radius 3 is 2.29 bits per heavy atom. The Hall–Kier alpha value is -0.910. The highest BCUT2D eigenvalue weighted by Crippen LogP contribution is 2.42. The minimum atomic E-state index is -1.08. The predicted octanol–water partition coefficient (Wildman–Crippen LogP) is 2.60. The highest BCUT2D eigenvalue weighted by Gasteiger charge is 2.43. The SMILES string of the molecule is CSC1(CNC(=O)NC2(C(=O)O)CCC(C)CC2)CCC1. The molecule has 0 saturated heterocycles. The molecule has 0 bridgehead atoms. The third-order valence-corrected chi connectivity index (χ3v) is 6.58. The van der Waals surface area contributed by atoms with Gasteiger partial charge in [-0.2, -0.15) is 11.8 Å². The van der Waals surface area contributed by atoms with Gasteiger partial charge in [-0.25, -0.2) is 9.59 Å². The summed E-state index contributed by atoms with van der Waals surface area (Å²) >= 11 is 1.79. The highest BCUT2D eigenvalue weighted by molar-refractivity contribution is 8.00. The van der Waals surface area contributed by atoms with Gasteiger partial charge in [0, 0.05) is 11.3 Å². The van der Waals surface area contributed by atoms with E-state index in [1.54, 1.807) is 11.8 Å². The molecule has 6 heteroatoms. The van der Waals surface area contributed by atoms with Crippen LogP contribution in [0.4, 0.5) is 4.79 Å². The third kappa shape index (κ3) is 3.65. The van der Waals surface area contributed by atoms with Crippen molar-refractivity contribution in [3.05, 3.63) is 0 Å². The van der Waals surface area contributed by atoms with Crippen LogP contribution in [0, 0.1) is 5.92 Å². The van der Waals surface area contributed by atoms with E-state index in [4.69, 9.17) is 0 Å². The molecule has 0 unspecified atom stereocenters. The molecule has 2 amide bonds. The first-order valence-electron chi connectivity index (χ1n) is 7.76. The molecule has 120 valence electrons. The van der Waals surface area contributed by atoms with Crippen molar-refractivity contribution in [3.8, 4) is 0 Å². The lowest BCUT2D eigenvalue weighted by Crippen LogP contribution is -2.60. The van der Waals surface area contributed by atoms with Crippen molar-refractivity contribution in [1.29, 1.82) is 0 Å². The summed E-state index contributed by atoms with van der Waals surface area (Å²) < 4.78 is 0.162. The molecule has 0 aliphatic heterocycles. The lowest BCUT2D eigenvalue weighted by molar-refractivity contribution is -0.146. The lowest BCUT2D eigenvalue weighted by Gasteiger charge is -2.41. The van der Waals surface area contributed by atoms with Crippen molar-refractivity contribution in [3.63, 3.8) is 0 Å². The first-order chi connectivity index (χ1) is 9.91. The molecule has 0 aromatic carbocycles. The molecule has 5 nitrogen and oxygen atoms in total. The number of nitrogens with one attached hydrogen (secondary N) is 2. The van der Waals surface area contributed by atoms with Crippen LogP contribution < -0.4 is 10.6 Å². The zero-order valence-corrected chi connectivity index (χ0v) is 13.7. The minimum Gasteiger partial charge on any atom is -0.480 e. The Morgan fingerprint density at radius 1 is 1.24 bits per heavy atom. The monoisotopic (exact) mass is 314 g/mol. The fourth-order valence-electron chi connectivity index (χ4n) is 3.17. The molecule has 2 fully saturated rings. The second-order valence-electron chi connectivity index (χ2n) is 6.62. The number of hydrogen-bond acceptors (Lipinski definition) is 3. The third-order valence-electron chi connectivity index (χ3n) is 5.16. The number of carbonyl (C=O) groups is 2. The summed E-state index contributed by atoms with van der Waals surface area (Å²) in [5, 5.41) is 15.1. The maximum atomic E-state index is 12.1. The van der Waals surface area contributed by atoms with E-state index in [0.717, 1.165) is 25.7 Å². The molecule has 0 radical (unpaired) electrons. The molecule has 0 heterocycles. The number of thioether (sulfide) groups is 1. The molecule has 21 heavy (non-hydrogen) atoms. The van der Waals surface area contributed by atoms with Gasteiger partial charge in [-0.1, -0.05) is 13.3 Å². The molecule has 0 spiro atoms. The van der Waals surface area contributed by atoms with Crippen molar-refractivity contribution >= 4 is 23.8 Å². The predicted molar refractivity (Wildman–Crippen MR) is 84.6 cm³/mol. The zero-order valence-electron chi connectivity index (χ0n) is 12.9. The maximum absolute atomic E-state index is 12.1. The molecular weight excluding hydrogens is 288 g/mol. The summed E-state index contributed by atoms with van der Waals surface area (Å²) in [4.78, 5) is 23.7. The van der Waals surface area contributed by atoms with E-state index in [2.05, 4.69) is 23.8 Å². The van der Waals surface area contributed by atoms with E-state index in [9.17, 15) is 14.7 Å². The first kappa shape index (κ1) is 16.5. The van der Waals surface area contributed by atoms with Gasteiger partial charge in [0.05, 0.1) is 0 Å². The quantitative estimate of drug-likeness (QED) is 0.729. The summed E-state index contributed by atoms with van der Waals surface area (Å²) in [6.45, 7) is 2.75. The Bertz CT molecular complexity index is 396. The van der Waals surface area contributed by atoms with Crippen LogP contribution in [0.15, 0.2) is 0 Å². The van der Waals surface area contributed by atoms with E-state index < -0.39 is 11.5 Å². The second-order valence-corrected chi connectivity index (χ2v) is 7.89. The van der Waals surface area contributed by atoms with Crippen LogP contribution in [-0.4, -0.2) is 40.2 Å². The Balaban J connectivity index is 1.88. The summed E-state index contributed by atoms with van der Waals surface area (Å²) in [6.07, 6.45) is 8.25. The van der Waals surface area contributed by atoms with Gasteiger partial charge >= 0.3 is 12.0 Å². The molecule has 2 aliphatic carbocycles. The van der Waals surface area contributed by atoms with E-state index in [-0.39, 0.29) is 10.8 Å². The topological polar surface area (TPSA) is 78.4 Å². The summed E-state index contributed by atoms with van der Waals surface area (Å²) in [7, 11) is 0. The number of carboxylic acid groups (broad SMARTS) is 1. The zero-order chi connectivity index (χ0) is 15.5. The van der Waals surface area contributed by atoms with Crippen molar-refractivity contribution in [2.45, 2.75) is 62.2 Å². The largest absolute Gasteiger partial charge is 0.480 e. The van der Waals surface area contributed by atoms with Gasteiger partial charge in [-0.15, -0.1) is 0 Å². The smallest absolute Gasteiger partial charge is 0.329 e. The van der Waals surface area contributed by atoms with Gasteiger partial charge in [0.2, 0.25) is 0 Å². The van der Waals surface area contributed by atoms with Crippen LogP contribution in [0.5, 0.6) is 0 Å². The molecule has 2 saturated carbocycles. The summed E-state index contributed by atoms with van der Waals surface area (Å²) in [6, 6.07) is -0.340. The van der Waals surface area contributed by atoms with Gasteiger partial charge in [0.15, 0.2) is 0 Å². The van der Waals surface area contributed by atoms with E-state index in [0.29, 0.717) is 25.3 Å². The van der Waals surface area contributed by atoms with E-state index in [1.807, 2.05) is 0 Å². The molecule has 3 N–H and O–H groups in total. The second kappa shape index (κ2) is 6.46. The number of urea groups is 1. The number of carbonyl (C=O) groups excluding carboxylic acids is 1. The van der Waals surface area contributed by atoms with Crippen molar-refractivity contribution < 1.29 is 14.7 Å². The van der Waals surface area contributed by atoms with Gasteiger partial charge in [0.1, 0.15) is 5.54 Å². The average Bonchev–Trinajstić information content (AvgIpc) is 2.41. The lowest BCUT2D eigenvalue weighted by atomic mass is 9.77. The van der Waals surface area contributed by atoms with Crippen LogP contribution in [0.1, 0.15) is 51.9 Å². The number of rotatable bonds is 5. The number of carboxylic acids is 1. The highest BCUT2D eigenvalue weighted by atomic mass is 32.2. The van der Waals surface area contributed by atoms with E-state index in [1.165, 1.54) is 6.42 Å². The average molecular weight is 314 g/mol. The van der Waals surface area contributed by atoms with Crippen LogP contribution in [-0.2, 0) is 4.79 Å². The normalized spacial score (nSPS) is 31.0. The van der Waals surface area contributed by atoms with Gasteiger partial charge < -0.3 is 15.7 Å². The Morgan fingerprint density at radius 2 is 1.86 bits per heavy atom. The fraction of sp³-hybridized carbons (Fsp3) is 0.867. The van der Waals surface area contributed by atoms with Crippen molar-refractivity contribution in [1.82, 2.24) is 10.6 Å². The van der Waals surface area contributed by atoms with Gasteiger partial charge in [0.25, 0.3) is 0 Å². The summed E-state index contributed by atoms with van der Waals surface area (Å²) in [5.74, 6) is -0.371. The summed E-state index contributed by atoms with van der Waals surface area (Å²) in [5.41, 5.74) is -1.08. The maximum Gasteiger partial charge on any atom is 0.329 e. The van der Waals surface area contributed by atoms with E-state index >= 15 is 0 Å². The Labute approximate surface area is 130 Å².